The lowest BCUT2D eigenvalue weighted by Gasteiger charge is -2.04. The number of alkyl halides is 2. The number of ether oxygens (including phenoxy) is 1. The number of carbonyl (C=O) groups excluding carboxylic acids is 1. The first-order valence-corrected chi connectivity index (χ1v) is 4.13. The normalized spacial score (nSPS) is 10.5. The molecule has 8 heteroatoms. The minimum absolute atomic E-state index is 0.351. The predicted octanol–water partition coefficient (Wildman–Crippen LogP) is 0.633. The molecule has 0 saturated heterocycles. The molecule has 0 saturated carbocycles. The molecule has 0 radical (unpaired) electrons. The van der Waals surface area contributed by atoms with Gasteiger partial charge in [-0.05, 0) is 0 Å². The van der Waals surface area contributed by atoms with E-state index in [2.05, 4.69) is 9.84 Å². The highest BCUT2D eigenvalue weighted by Crippen LogP contribution is 2.12. The monoisotopic (exact) mass is 234 g/mol. The molecule has 0 atom stereocenters. The summed E-state index contributed by atoms with van der Waals surface area (Å²) in [6.45, 7) is -0.890. The highest BCUT2D eigenvalue weighted by molar-refractivity contribution is 6.01. The van der Waals surface area contributed by atoms with Crippen molar-refractivity contribution >= 4 is 11.9 Å². The average molecular weight is 234 g/mol. The van der Waals surface area contributed by atoms with Crippen LogP contribution in [0.2, 0.25) is 0 Å². The van der Waals surface area contributed by atoms with E-state index in [4.69, 9.17) is 5.11 Å². The van der Waals surface area contributed by atoms with Crippen molar-refractivity contribution in [2.45, 2.75) is 13.0 Å². The van der Waals surface area contributed by atoms with Crippen LogP contribution in [0.15, 0.2) is 6.20 Å². The Morgan fingerprint density at radius 2 is 2.25 bits per heavy atom. The topological polar surface area (TPSA) is 81.4 Å². The summed E-state index contributed by atoms with van der Waals surface area (Å²) >= 11 is 0. The van der Waals surface area contributed by atoms with Gasteiger partial charge in [-0.1, -0.05) is 0 Å². The minimum atomic E-state index is -2.76. The van der Waals surface area contributed by atoms with E-state index in [1.54, 1.807) is 0 Å². The summed E-state index contributed by atoms with van der Waals surface area (Å²) in [4.78, 5) is 21.9. The van der Waals surface area contributed by atoms with E-state index in [1.165, 1.54) is 0 Å². The fraction of sp³-hybridized carbons (Fsp3) is 0.375. The van der Waals surface area contributed by atoms with Crippen molar-refractivity contribution in [2.75, 3.05) is 7.11 Å². The molecule has 1 rings (SSSR count). The molecule has 16 heavy (non-hydrogen) atoms. The van der Waals surface area contributed by atoms with Crippen LogP contribution in [0.3, 0.4) is 0 Å². The highest BCUT2D eigenvalue weighted by Gasteiger charge is 2.24. The van der Waals surface area contributed by atoms with Crippen molar-refractivity contribution in [3.8, 4) is 0 Å². The molecule has 0 bridgehead atoms. The first-order chi connectivity index (χ1) is 7.47. The van der Waals surface area contributed by atoms with Crippen LogP contribution in [-0.4, -0.2) is 40.4 Å². The fourth-order valence-corrected chi connectivity index (χ4v) is 1.14. The largest absolute Gasteiger partial charge is 0.476 e. The molecule has 0 fully saturated rings. The predicted molar refractivity (Wildman–Crippen MR) is 46.5 cm³/mol. The van der Waals surface area contributed by atoms with Crippen molar-refractivity contribution in [3.63, 3.8) is 0 Å². The number of aromatic nitrogens is 2. The van der Waals surface area contributed by atoms with Crippen LogP contribution < -0.4 is 0 Å². The van der Waals surface area contributed by atoms with E-state index in [1.807, 2.05) is 0 Å². The zero-order valence-corrected chi connectivity index (χ0v) is 8.18. The molecule has 1 N–H and O–H groups in total. The average Bonchev–Trinajstić information content (AvgIpc) is 2.59. The molecule has 0 aliphatic carbocycles. The third-order valence-corrected chi connectivity index (χ3v) is 1.76. The van der Waals surface area contributed by atoms with Gasteiger partial charge in [-0.3, -0.25) is 4.68 Å². The Morgan fingerprint density at radius 3 is 2.69 bits per heavy atom. The lowest BCUT2D eigenvalue weighted by molar-refractivity contribution is 0.0575. The first kappa shape index (κ1) is 12.1. The van der Waals surface area contributed by atoms with E-state index < -0.39 is 30.6 Å². The van der Waals surface area contributed by atoms with Gasteiger partial charge in [-0.25, -0.2) is 18.4 Å². The van der Waals surface area contributed by atoms with Crippen LogP contribution in [0, 0.1) is 0 Å². The van der Waals surface area contributed by atoms with E-state index in [0.717, 1.165) is 13.3 Å². The smallest absolute Gasteiger partial charge is 0.355 e. The quantitative estimate of drug-likeness (QED) is 0.773. The second kappa shape index (κ2) is 4.69. The summed E-state index contributed by atoms with van der Waals surface area (Å²) in [6, 6.07) is 0. The number of esters is 1. The van der Waals surface area contributed by atoms with Crippen LogP contribution in [0.25, 0.3) is 0 Å². The standard InChI is InChI=1S/C8H8F2N2O4/c1-16-8(15)4-2-11-12(3-5(9)10)6(4)7(13)14/h2,5H,3H2,1H3,(H,13,14). The molecule has 88 valence electrons. The third-order valence-electron chi connectivity index (χ3n) is 1.76. The van der Waals surface area contributed by atoms with Crippen LogP contribution in [0.4, 0.5) is 8.78 Å². The Hall–Kier alpha value is -1.99. The van der Waals surface area contributed by atoms with Gasteiger partial charge < -0.3 is 9.84 Å². The Labute approximate surface area is 88.4 Å². The number of hydrogen-bond acceptors (Lipinski definition) is 4. The fourth-order valence-electron chi connectivity index (χ4n) is 1.14. The summed E-state index contributed by atoms with van der Waals surface area (Å²) in [7, 11) is 1.05. The number of carbonyl (C=O) groups is 2. The van der Waals surface area contributed by atoms with Crippen LogP contribution >= 0.6 is 0 Å². The van der Waals surface area contributed by atoms with Crippen molar-refractivity contribution < 1.29 is 28.2 Å². The molecule has 0 aromatic carbocycles. The van der Waals surface area contributed by atoms with E-state index in [-0.39, 0.29) is 5.56 Å². The zero-order valence-electron chi connectivity index (χ0n) is 8.18. The molecule has 6 nitrogen and oxygen atoms in total. The number of rotatable bonds is 4. The van der Waals surface area contributed by atoms with Gasteiger partial charge in [0, 0.05) is 0 Å². The number of aromatic carboxylic acids is 1. The van der Waals surface area contributed by atoms with Crippen molar-refractivity contribution in [3.05, 3.63) is 17.5 Å². The second-order valence-corrected chi connectivity index (χ2v) is 2.78. The molecule has 1 aromatic heterocycles. The molecule has 1 aromatic rings. The molecule has 1 heterocycles. The summed E-state index contributed by atoms with van der Waals surface area (Å²) in [5.74, 6) is -2.45. The van der Waals surface area contributed by atoms with Gasteiger partial charge >= 0.3 is 11.9 Å². The lowest BCUT2D eigenvalue weighted by atomic mass is 10.2. The van der Waals surface area contributed by atoms with Gasteiger partial charge in [-0.15, -0.1) is 0 Å². The molecule has 0 spiro atoms. The third kappa shape index (κ3) is 2.33. The number of carboxylic acids is 1. The van der Waals surface area contributed by atoms with Crippen molar-refractivity contribution in [1.82, 2.24) is 9.78 Å². The van der Waals surface area contributed by atoms with Gasteiger partial charge in [0.2, 0.25) is 0 Å². The van der Waals surface area contributed by atoms with Gasteiger partial charge in [-0.2, -0.15) is 5.10 Å². The molecule has 0 amide bonds. The van der Waals surface area contributed by atoms with Crippen LogP contribution in [-0.2, 0) is 11.3 Å². The Kier molecular flexibility index (Phi) is 3.54. The maximum absolute atomic E-state index is 12.1. The van der Waals surface area contributed by atoms with E-state index in [0.29, 0.717) is 4.68 Å². The molecular formula is C8H8F2N2O4. The Balaban J connectivity index is 3.17. The van der Waals surface area contributed by atoms with Gasteiger partial charge in [0.1, 0.15) is 12.1 Å². The van der Waals surface area contributed by atoms with Crippen molar-refractivity contribution in [2.24, 2.45) is 0 Å². The molecule has 0 aliphatic heterocycles. The summed E-state index contributed by atoms with van der Waals surface area (Å²) in [5.41, 5.74) is -0.956. The number of hydrogen-bond donors (Lipinski definition) is 1. The molecule has 0 aliphatic rings. The second-order valence-electron chi connectivity index (χ2n) is 2.78. The van der Waals surface area contributed by atoms with E-state index in [9.17, 15) is 18.4 Å². The maximum atomic E-state index is 12.1. The highest BCUT2D eigenvalue weighted by atomic mass is 19.3. The summed E-state index contributed by atoms with van der Waals surface area (Å²) in [5, 5.41) is 12.2. The van der Waals surface area contributed by atoms with Gasteiger partial charge in [0.05, 0.1) is 13.3 Å². The Morgan fingerprint density at radius 1 is 1.62 bits per heavy atom. The number of halogens is 2. The Bertz CT molecular complexity index is 416. The van der Waals surface area contributed by atoms with Crippen LogP contribution in [0.5, 0.6) is 0 Å². The van der Waals surface area contributed by atoms with Crippen molar-refractivity contribution in [1.29, 1.82) is 0 Å². The van der Waals surface area contributed by atoms with E-state index >= 15 is 0 Å². The number of methoxy groups -OCH3 is 1. The summed E-state index contributed by atoms with van der Waals surface area (Å²) in [6.07, 6.45) is -1.87. The molecule has 0 unspecified atom stereocenters. The minimum Gasteiger partial charge on any atom is -0.476 e. The SMILES string of the molecule is COC(=O)c1cnn(CC(F)F)c1C(=O)O. The number of nitrogens with zero attached hydrogens (tertiary/aromatic N) is 2. The number of carboxylic acid groups (broad SMARTS) is 1. The van der Waals surface area contributed by atoms with Crippen LogP contribution in [0.1, 0.15) is 20.8 Å². The van der Waals surface area contributed by atoms with Gasteiger partial charge in [0.15, 0.2) is 5.69 Å². The lowest BCUT2D eigenvalue weighted by Crippen LogP contribution is -2.17. The summed E-state index contributed by atoms with van der Waals surface area (Å²) < 4.78 is 29.0. The molecular weight excluding hydrogens is 226 g/mol. The van der Waals surface area contributed by atoms with Gasteiger partial charge in [0.25, 0.3) is 6.43 Å². The first-order valence-electron chi connectivity index (χ1n) is 4.13. The maximum Gasteiger partial charge on any atom is 0.355 e. The zero-order chi connectivity index (χ0) is 12.3.